The van der Waals surface area contributed by atoms with Gasteiger partial charge in [-0.15, -0.1) is 0 Å². The molecule has 0 radical (unpaired) electrons. The van der Waals surface area contributed by atoms with E-state index in [-0.39, 0.29) is 5.91 Å². The Labute approximate surface area is 119 Å². The molecular formula is C16H20ClNO. The van der Waals surface area contributed by atoms with Gasteiger partial charge in [0.15, 0.2) is 0 Å². The molecule has 1 aromatic carbocycles. The lowest BCUT2D eigenvalue weighted by molar-refractivity contribution is -0.122. The van der Waals surface area contributed by atoms with E-state index < -0.39 is 0 Å². The number of carbonyl (C=O) groups is 1. The van der Waals surface area contributed by atoms with Crippen molar-refractivity contribution in [1.82, 2.24) is 5.32 Å². The molecule has 3 heteroatoms. The number of carbonyl (C=O) groups excluding carboxylic acids is 1. The summed E-state index contributed by atoms with van der Waals surface area (Å²) in [5.74, 6) is 1.84. The molecule has 2 saturated carbocycles. The van der Waals surface area contributed by atoms with Gasteiger partial charge in [-0.1, -0.05) is 30.2 Å². The zero-order chi connectivity index (χ0) is 13.2. The molecule has 0 aliphatic heterocycles. The highest BCUT2D eigenvalue weighted by Crippen LogP contribution is 2.44. The van der Waals surface area contributed by atoms with E-state index in [0.29, 0.717) is 12.5 Å². The van der Waals surface area contributed by atoms with Gasteiger partial charge in [0.25, 0.3) is 0 Å². The molecule has 3 rings (SSSR count). The second-order valence-electron chi connectivity index (χ2n) is 5.98. The maximum absolute atomic E-state index is 12.0. The summed E-state index contributed by atoms with van der Waals surface area (Å²) in [4.78, 5) is 12.0. The second-order valence-corrected chi connectivity index (χ2v) is 6.41. The van der Waals surface area contributed by atoms with Crippen molar-refractivity contribution in [1.29, 1.82) is 0 Å². The van der Waals surface area contributed by atoms with Gasteiger partial charge in [0.1, 0.15) is 0 Å². The van der Waals surface area contributed by atoms with Gasteiger partial charge in [0.2, 0.25) is 5.91 Å². The Bertz CT molecular complexity index is 456. The van der Waals surface area contributed by atoms with Crippen molar-refractivity contribution in [2.45, 2.75) is 44.6 Å². The number of benzene rings is 1. The molecule has 2 nitrogen and oxygen atoms in total. The summed E-state index contributed by atoms with van der Waals surface area (Å²) < 4.78 is 0. The highest BCUT2D eigenvalue weighted by Gasteiger charge is 2.39. The van der Waals surface area contributed by atoms with Crippen molar-refractivity contribution < 1.29 is 4.79 Å². The number of halogens is 1. The lowest BCUT2D eigenvalue weighted by Crippen LogP contribution is -2.38. The minimum atomic E-state index is 0.201. The molecule has 19 heavy (non-hydrogen) atoms. The maximum Gasteiger partial charge on any atom is 0.220 e. The Morgan fingerprint density at radius 2 is 2.00 bits per heavy atom. The molecule has 0 unspecified atom stereocenters. The molecule has 1 aromatic rings. The minimum Gasteiger partial charge on any atom is -0.353 e. The number of hydrogen-bond acceptors (Lipinski definition) is 1. The van der Waals surface area contributed by atoms with Gasteiger partial charge in [-0.3, -0.25) is 4.79 Å². The van der Waals surface area contributed by atoms with E-state index in [2.05, 4.69) is 5.32 Å². The van der Waals surface area contributed by atoms with Crippen LogP contribution in [0, 0.1) is 11.8 Å². The van der Waals surface area contributed by atoms with Crippen LogP contribution in [0.25, 0.3) is 0 Å². The molecule has 1 amide bonds. The predicted molar refractivity (Wildman–Crippen MR) is 77.2 cm³/mol. The fourth-order valence-electron chi connectivity index (χ4n) is 3.61. The third kappa shape index (κ3) is 3.11. The summed E-state index contributed by atoms with van der Waals surface area (Å²) in [7, 11) is 0. The van der Waals surface area contributed by atoms with Crippen LogP contribution < -0.4 is 5.32 Å². The van der Waals surface area contributed by atoms with Crippen LogP contribution in [0.1, 0.15) is 37.7 Å². The summed E-state index contributed by atoms with van der Waals surface area (Å²) in [6.45, 7) is 0. The van der Waals surface area contributed by atoms with E-state index in [0.717, 1.165) is 23.3 Å². The molecule has 1 N–H and O–H groups in total. The normalized spacial score (nSPS) is 28.6. The molecule has 0 aromatic heterocycles. The zero-order valence-electron chi connectivity index (χ0n) is 11.1. The molecule has 2 fully saturated rings. The van der Waals surface area contributed by atoms with E-state index in [1.165, 1.54) is 31.2 Å². The molecule has 0 heterocycles. The van der Waals surface area contributed by atoms with Crippen LogP contribution in [0.5, 0.6) is 0 Å². The first-order valence-electron chi connectivity index (χ1n) is 7.24. The number of aryl methyl sites for hydroxylation is 1. The van der Waals surface area contributed by atoms with E-state index >= 15 is 0 Å². The number of hydrogen-bond donors (Lipinski definition) is 1. The topological polar surface area (TPSA) is 29.1 Å². The Morgan fingerprint density at radius 3 is 2.63 bits per heavy atom. The van der Waals surface area contributed by atoms with Crippen molar-refractivity contribution >= 4 is 17.5 Å². The standard InChI is InChI=1S/C16H20ClNO/c17-14-6-2-11(3-7-14)4-8-16(19)18-15-10-12-1-5-13(15)9-12/h2-3,6-7,12-13,15H,1,4-5,8-10H2,(H,18,19)/t12-,13-,15+/m1/s1. The van der Waals surface area contributed by atoms with Gasteiger partial charge in [-0.2, -0.15) is 0 Å². The van der Waals surface area contributed by atoms with Gasteiger partial charge in [-0.05, 0) is 55.2 Å². The molecule has 2 aliphatic carbocycles. The molecule has 0 spiro atoms. The Balaban J connectivity index is 1.45. The smallest absolute Gasteiger partial charge is 0.220 e. The average molecular weight is 278 g/mol. The Morgan fingerprint density at radius 1 is 1.21 bits per heavy atom. The third-order valence-electron chi connectivity index (χ3n) is 4.64. The van der Waals surface area contributed by atoms with Crippen molar-refractivity contribution in [3.8, 4) is 0 Å². The van der Waals surface area contributed by atoms with Crippen molar-refractivity contribution in [3.05, 3.63) is 34.9 Å². The van der Waals surface area contributed by atoms with Gasteiger partial charge in [-0.25, -0.2) is 0 Å². The average Bonchev–Trinajstić information content (AvgIpc) is 3.00. The van der Waals surface area contributed by atoms with Gasteiger partial charge >= 0.3 is 0 Å². The van der Waals surface area contributed by atoms with E-state index in [9.17, 15) is 4.79 Å². The third-order valence-corrected chi connectivity index (χ3v) is 4.89. The molecular weight excluding hydrogens is 258 g/mol. The quantitative estimate of drug-likeness (QED) is 0.895. The van der Waals surface area contributed by atoms with Crippen LogP contribution >= 0.6 is 11.6 Å². The van der Waals surface area contributed by atoms with Crippen LogP contribution in [-0.4, -0.2) is 11.9 Å². The largest absolute Gasteiger partial charge is 0.353 e. The molecule has 0 saturated heterocycles. The lowest BCUT2D eigenvalue weighted by atomic mass is 9.95. The number of amides is 1. The second kappa shape index (κ2) is 5.54. The minimum absolute atomic E-state index is 0.201. The molecule has 2 aliphatic rings. The Kier molecular flexibility index (Phi) is 3.79. The first-order chi connectivity index (χ1) is 9.20. The fraction of sp³-hybridized carbons (Fsp3) is 0.562. The van der Waals surface area contributed by atoms with Crippen molar-refractivity contribution in [2.75, 3.05) is 0 Å². The molecule has 102 valence electrons. The summed E-state index contributed by atoms with van der Waals surface area (Å²) in [5.41, 5.74) is 1.17. The van der Waals surface area contributed by atoms with Crippen LogP contribution in [-0.2, 0) is 11.2 Å². The van der Waals surface area contributed by atoms with Crippen LogP contribution in [0.3, 0.4) is 0 Å². The van der Waals surface area contributed by atoms with Gasteiger partial charge in [0, 0.05) is 17.5 Å². The summed E-state index contributed by atoms with van der Waals surface area (Å²) in [5, 5.41) is 3.97. The number of nitrogens with one attached hydrogen (secondary N) is 1. The van der Waals surface area contributed by atoms with Gasteiger partial charge in [0.05, 0.1) is 0 Å². The highest BCUT2D eigenvalue weighted by molar-refractivity contribution is 6.30. The van der Waals surface area contributed by atoms with E-state index in [1.54, 1.807) is 0 Å². The van der Waals surface area contributed by atoms with Crippen molar-refractivity contribution in [3.63, 3.8) is 0 Å². The lowest BCUT2D eigenvalue weighted by Gasteiger charge is -2.22. The van der Waals surface area contributed by atoms with Crippen LogP contribution in [0.15, 0.2) is 24.3 Å². The fourth-order valence-corrected chi connectivity index (χ4v) is 3.74. The zero-order valence-corrected chi connectivity index (χ0v) is 11.8. The summed E-state index contributed by atoms with van der Waals surface area (Å²) in [6.07, 6.45) is 6.60. The first-order valence-corrected chi connectivity index (χ1v) is 7.62. The van der Waals surface area contributed by atoms with Crippen molar-refractivity contribution in [2.24, 2.45) is 11.8 Å². The highest BCUT2D eigenvalue weighted by atomic mass is 35.5. The number of rotatable bonds is 4. The van der Waals surface area contributed by atoms with Crippen LogP contribution in [0.4, 0.5) is 0 Å². The van der Waals surface area contributed by atoms with Crippen LogP contribution in [0.2, 0.25) is 5.02 Å². The molecule has 3 atom stereocenters. The van der Waals surface area contributed by atoms with E-state index in [4.69, 9.17) is 11.6 Å². The molecule has 2 bridgehead atoms. The van der Waals surface area contributed by atoms with E-state index in [1.807, 2.05) is 24.3 Å². The first kappa shape index (κ1) is 13.0. The Hall–Kier alpha value is -1.02. The van der Waals surface area contributed by atoms with Gasteiger partial charge < -0.3 is 5.32 Å². The maximum atomic E-state index is 12.0. The summed E-state index contributed by atoms with van der Waals surface area (Å²) in [6, 6.07) is 8.20. The number of fused-ring (bicyclic) bond motifs is 2. The monoisotopic (exact) mass is 277 g/mol. The SMILES string of the molecule is O=C(CCc1ccc(Cl)cc1)N[C@H]1C[C@@H]2CC[C@@H]1C2. The summed E-state index contributed by atoms with van der Waals surface area (Å²) >= 11 is 5.84. The predicted octanol–water partition coefficient (Wildman–Crippen LogP) is 3.58.